The van der Waals surface area contributed by atoms with E-state index in [2.05, 4.69) is 5.32 Å². The van der Waals surface area contributed by atoms with Gasteiger partial charge in [-0.1, -0.05) is 13.8 Å². The van der Waals surface area contributed by atoms with Crippen molar-refractivity contribution in [3.8, 4) is 0 Å². The van der Waals surface area contributed by atoms with Crippen LogP contribution in [0.3, 0.4) is 0 Å². The standard InChI is InChI=1S/C11H13F2N/c1-11(2)3-4-14-10-8(11)5-7(12)6-9(10)13/h5-6,14H,3-4H2,1-2H3. The molecular formula is C11H13F2N. The minimum atomic E-state index is -0.502. The van der Waals surface area contributed by atoms with Gasteiger partial charge in [0.25, 0.3) is 0 Å². The molecule has 0 aromatic heterocycles. The van der Waals surface area contributed by atoms with Crippen LogP contribution in [0.25, 0.3) is 0 Å². The van der Waals surface area contributed by atoms with E-state index in [1.54, 1.807) is 0 Å². The molecule has 3 heteroatoms. The van der Waals surface area contributed by atoms with E-state index in [-0.39, 0.29) is 5.41 Å². The maximum Gasteiger partial charge on any atom is 0.149 e. The van der Waals surface area contributed by atoms with Gasteiger partial charge in [0.1, 0.15) is 11.6 Å². The number of nitrogens with one attached hydrogen (secondary N) is 1. The summed E-state index contributed by atoms with van der Waals surface area (Å²) in [5.74, 6) is -0.995. The molecule has 1 aliphatic heterocycles. The second kappa shape index (κ2) is 2.94. The topological polar surface area (TPSA) is 12.0 Å². The third kappa shape index (κ3) is 1.37. The molecule has 1 heterocycles. The van der Waals surface area contributed by atoms with E-state index in [4.69, 9.17) is 0 Å². The van der Waals surface area contributed by atoms with Gasteiger partial charge in [-0.15, -0.1) is 0 Å². The molecule has 1 nitrogen and oxygen atoms in total. The van der Waals surface area contributed by atoms with Crippen LogP contribution in [0.4, 0.5) is 14.5 Å². The summed E-state index contributed by atoms with van der Waals surface area (Å²) >= 11 is 0. The lowest BCUT2D eigenvalue weighted by molar-refractivity contribution is 0.467. The van der Waals surface area contributed by atoms with Crippen molar-refractivity contribution in [1.29, 1.82) is 0 Å². The van der Waals surface area contributed by atoms with Gasteiger partial charge in [-0.05, 0) is 23.5 Å². The summed E-state index contributed by atoms with van der Waals surface area (Å²) in [5, 5.41) is 2.97. The molecule has 0 unspecified atom stereocenters. The molecule has 0 radical (unpaired) electrons. The first kappa shape index (κ1) is 9.44. The van der Waals surface area contributed by atoms with Crippen LogP contribution in [0.15, 0.2) is 12.1 Å². The van der Waals surface area contributed by atoms with E-state index in [9.17, 15) is 8.78 Å². The zero-order chi connectivity index (χ0) is 10.3. The number of benzene rings is 1. The Bertz CT molecular complexity index is 372. The zero-order valence-electron chi connectivity index (χ0n) is 8.32. The zero-order valence-corrected chi connectivity index (χ0v) is 8.32. The molecule has 1 N–H and O–H groups in total. The fraction of sp³-hybridized carbons (Fsp3) is 0.455. The SMILES string of the molecule is CC1(C)CCNc2c(F)cc(F)cc21. The summed E-state index contributed by atoms with van der Waals surface area (Å²) in [6.45, 7) is 4.75. The Morgan fingerprint density at radius 2 is 2.00 bits per heavy atom. The van der Waals surface area contributed by atoms with Gasteiger partial charge in [0.15, 0.2) is 0 Å². The summed E-state index contributed by atoms with van der Waals surface area (Å²) in [6, 6.07) is 2.35. The molecule has 0 saturated heterocycles. The fourth-order valence-corrected chi connectivity index (χ4v) is 1.92. The van der Waals surface area contributed by atoms with E-state index >= 15 is 0 Å². The van der Waals surface area contributed by atoms with Crippen molar-refractivity contribution in [3.63, 3.8) is 0 Å². The highest BCUT2D eigenvalue weighted by molar-refractivity contribution is 5.57. The van der Waals surface area contributed by atoms with Crippen LogP contribution in [0.5, 0.6) is 0 Å². The number of hydrogen-bond donors (Lipinski definition) is 1. The smallest absolute Gasteiger partial charge is 0.149 e. The molecule has 0 amide bonds. The Hall–Kier alpha value is -1.12. The molecular weight excluding hydrogens is 184 g/mol. The molecule has 0 bridgehead atoms. The van der Waals surface area contributed by atoms with Gasteiger partial charge in [0.05, 0.1) is 5.69 Å². The lowest BCUT2D eigenvalue weighted by atomic mass is 9.78. The van der Waals surface area contributed by atoms with Gasteiger partial charge in [0.2, 0.25) is 0 Å². The number of halogens is 2. The van der Waals surface area contributed by atoms with E-state index in [0.29, 0.717) is 5.69 Å². The molecule has 0 fully saturated rings. The van der Waals surface area contributed by atoms with Crippen LogP contribution in [0.1, 0.15) is 25.8 Å². The molecule has 0 spiro atoms. The van der Waals surface area contributed by atoms with Gasteiger partial charge < -0.3 is 5.32 Å². The molecule has 0 aliphatic carbocycles. The molecule has 0 atom stereocenters. The van der Waals surface area contributed by atoms with Crippen molar-refractivity contribution in [2.24, 2.45) is 0 Å². The molecule has 76 valence electrons. The summed E-state index contributed by atoms with van der Waals surface area (Å²) in [6.07, 6.45) is 0.892. The minimum Gasteiger partial charge on any atom is -0.382 e. The Labute approximate surface area is 82.1 Å². The average molecular weight is 197 g/mol. The molecule has 0 saturated carbocycles. The van der Waals surface area contributed by atoms with Crippen LogP contribution in [0.2, 0.25) is 0 Å². The average Bonchev–Trinajstić information content (AvgIpc) is 2.06. The van der Waals surface area contributed by atoms with Gasteiger partial charge >= 0.3 is 0 Å². The predicted octanol–water partition coefficient (Wildman–Crippen LogP) is 3.06. The largest absolute Gasteiger partial charge is 0.382 e. The lowest BCUT2D eigenvalue weighted by Crippen LogP contribution is -2.29. The second-order valence-corrected chi connectivity index (χ2v) is 4.37. The number of anilines is 1. The van der Waals surface area contributed by atoms with Crippen molar-refractivity contribution >= 4 is 5.69 Å². The van der Waals surface area contributed by atoms with Crippen LogP contribution in [0, 0.1) is 11.6 Å². The second-order valence-electron chi connectivity index (χ2n) is 4.37. The summed E-state index contributed by atoms with van der Waals surface area (Å²) < 4.78 is 26.4. The van der Waals surface area contributed by atoms with Crippen molar-refractivity contribution in [3.05, 3.63) is 29.3 Å². The quantitative estimate of drug-likeness (QED) is 0.674. The van der Waals surface area contributed by atoms with Crippen molar-refractivity contribution in [1.82, 2.24) is 0 Å². The Balaban J connectivity index is 2.63. The first-order valence-electron chi connectivity index (χ1n) is 4.74. The minimum absolute atomic E-state index is 0.149. The van der Waals surface area contributed by atoms with Gasteiger partial charge in [-0.2, -0.15) is 0 Å². The van der Waals surface area contributed by atoms with Crippen molar-refractivity contribution < 1.29 is 8.78 Å². The van der Waals surface area contributed by atoms with Gasteiger partial charge in [-0.3, -0.25) is 0 Å². The van der Waals surface area contributed by atoms with E-state index in [1.165, 1.54) is 6.07 Å². The first-order valence-corrected chi connectivity index (χ1v) is 4.74. The van der Waals surface area contributed by atoms with E-state index in [0.717, 1.165) is 24.6 Å². The van der Waals surface area contributed by atoms with Crippen LogP contribution in [-0.2, 0) is 5.41 Å². The molecule has 1 aliphatic rings. The van der Waals surface area contributed by atoms with Gasteiger partial charge in [-0.25, -0.2) is 8.78 Å². The van der Waals surface area contributed by atoms with E-state index < -0.39 is 11.6 Å². The highest BCUT2D eigenvalue weighted by Gasteiger charge is 2.29. The third-order valence-corrected chi connectivity index (χ3v) is 2.84. The normalized spacial score (nSPS) is 18.6. The summed E-state index contributed by atoms with van der Waals surface area (Å²) in [5.41, 5.74) is 1.05. The first-order chi connectivity index (χ1) is 6.50. The third-order valence-electron chi connectivity index (χ3n) is 2.84. The Kier molecular flexibility index (Phi) is 1.98. The highest BCUT2D eigenvalue weighted by Crippen LogP contribution is 2.38. The Morgan fingerprint density at radius 3 is 2.71 bits per heavy atom. The number of fused-ring (bicyclic) bond motifs is 1. The monoisotopic (exact) mass is 197 g/mol. The predicted molar refractivity (Wildman–Crippen MR) is 52.5 cm³/mol. The molecule has 1 aromatic rings. The number of hydrogen-bond acceptors (Lipinski definition) is 1. The summed E-state index contributed by atoms with van der Waals surface area (Å²) in [7, 11) is 0. The van der Waals surface area contributed by atoms with Crippen molar-refractivity contribution in [2.75, 3.05) is 11.9 Å². The maximum atomic E-state index is 13.4. The lowest BCUT2D eigenvalue weighted by Gasteiger charge is -2.33. The maximum absolute atomic E-state index is 13.4. The van der Waals surface area contributed by atoms with E-state index in [1.807, 2.05) is 13.8 Å². The molecule has 1 aromatic carbocycles. The fourth-order valence-electron chi connectivity index (χ4n) is 1.92. The number of rotatable bonds is 0. The summed E-state index contributed by atoms with van der Waals surface area (Å²) in [4.78, 5) is 0. The van der Waals surface area contributed by atoms with Gasteiger partial charge in [0, 0.05) is 12.6 Å². The van der Waals surface area contributed by atoms with Crippen LogP contribution >= 0.6 is 0 Å². The highest BCUT2D eigenvalue weighted by atomic mass is 19.1. The van der Waals surface area contributed by atoms with Crippen molar-refractivity contribution in [2.45, 2.75) is 25.7 Å². The Morgan fingerprint density at radius 1 is 1.29 bits per heavy atom. The molecule has 14 heavy (non-hydrogen) atoms. The van der Waals surface area contributed by atoms with Crippen LogP contribution in [-0.4, -0.2) is 6.54 Å². The van der Waals surface area contributed by atoms with Crippen LogP contribution < -0.4 is 5.32 Å². The molecule has 2 rings (SSSR count).